The van der Waals surface area contributed by atoms with Crippen molar-refractivity contribution in [2.75, 3.05) is 4.90 Å². The summed E-state index contributed by atoms with van der Waals surface area (Å²) < 4.78 is 11.5. The van der Waals surface area contributed by atoms with Crippen molar-refractivity contribution in [2.45, 2.75) is 77.2 Å². The SMILES string of the molecule is CCCCCCc1cc(-c2ccc(-c3ccc4c(c3)C3CCCC3N4c3ccc(C)cc3)c3nonc23)sc1-c1ccc(/C=C(\C#N)C(=O)O)o1. The molecule has 9 heteroatoms. The molecular formula is C42H38N4O4S. The molecule has 0 spiro atoms. The number of carboxylic acids is 1. The number of thiophene rings is 1. The number of furan rings is 1. The topological polar surface area (TPSA) is 116 Å². The van der Waals surface area contributed by atoms with Crippen LogP contribution in [0.1, 0.15) is 80.2 Å². The van der Waals surface area contributed by atoms with Crippen molar-refractivity contribution >= 4 is 45.8 Å². The van der Waals surface area contributed by atoms with Crippen LogP contribution < -0.4 is 4.90 Å². The number of carbonyl (C=O) groups is 1. The molecule has 8 rings (SSSR count). The predicted octanol–water partition coefficient (Wildman–Crippen LogP) is 11.1. The molecule has 8 nitrogen and oxygen atoms in total. The summed E-state index contributed by atoms with van der Waals surface area (Å²) >= 11 is 1.61. The molecule has 1 aliphatic heterocycles. The molecule has 51 heavy (non-hydrogen) atoms. The van der Waals surface area contributed by atoms with E-state index in [9.17, 15) is 15.2 Å². The summed E-state index contributed by atoms with van der Waals surface area (Å²) in [7, 11) is 0. The maximum absolute atomic E-state index is 11.4. The van der Waals surface area contributed by atoms with E-state index in [0.717, 1.165) is 63.2 Å². The average molecular weight is 695 g/mol. The van der Waals surface area contributed by atoms with Gasteiger partial charge in [0.1, 0.15) is 34.2 Å². The van der Waals surface area contributed by atoms with E-state index in [1.54, 1.807) is 23.5 Å². The highest BCUT2D eigenvalue weighted by Crippen LogP contribution is 2.53. The molecule has 1 N–H and O–H groups in total. The summed E-state index contributed by atoms with van der Waals surface area (Å²) in [5.74, 6) is 0.175. The Morgan fingerprint density at radius 3 is 2.59 bits per heavy atom. The Bertz CT molecular complexity index is 2320. The van der Waals surface area contributed by atoms with E-state index in [4.69, 9.17) is 9.05 Å². The van der Waals surface area contributed by atoms with Gasteiger partial charge in [-0.2, -0.15) is 5.26 Å². The lowest BCUT2D eigenvalue weighted by molar-refractivity contribution is -0.132. The molecule has 1 saturated carbocycles. The molecule has 3 aromatic heterocycles. The van der Waals surface area contributed by atoms with Crippen molar-refractivity contribution in [1.82, 2.24) is 10.3 Å². The predicted molar refractivity (Wildman–Crippen MR) is 201 cm³/mol. The second kappa shape index (κ2) is 13.7. The number of nitriles is 1. The average Bonchev–Trinajstić information content (AvgIpc) is 3.98. The van der Waals surface area contributed by atoms with Gasteiger partial charge in [-0.3, -0.25) is 0 Å². The highest BCUT2D eigenvalue weighted by Gasteiger charge is 2.42. The quantitative estimate of drug-likeness (QED) is 0.0809. The van der Waals surface area contributed by atoms with Crippen LogP contribution in [0.4, 0.5) is 11.4 Å². The number of aromatic nitrogens is 2. The van der Waals surface area contributed by atoms with Crippen molar-refractivity contribution in [1.29, 1.82) is 5.26 Å². The zero-order valence-electron chi connectivity index (χ0n) is 28.7. The molecule has 0 bridgehead atoms. The Labute approximate surface area is 300 Å². The number of fused-ring (bicyclic) bond motifs is 4. The van der Waals surface area contributed by atoms with Crippen LogP contribution in [-0.2, 0) is 11.2 Å². The van der Waals surface area contributed by atoms with E-state index in [2.05, 4.69) is 89.7 Å². The summed E-state index contributed by atoms with van der Waals surface area (Å²) in [6.45, 7) is 4.33. The maximum atomic E-state index is 11.4. The van der Waals surface area contributed by atoms with Crippen LogP contribution in [0.15, 0.2) is 87.4 Å². The Hall–Kier alpha value is -5.46. The van der Waals surface area contributed by atoms with Crippen molar-refractivity contribution in [3.05, 3.63) is 101 Å². The van der Waals surface area contributed by atoms with E-state index in [1.165, 1.54) is 54.3 Å². The van der Waals surface area contributed by atoms with Crippen LogP contribution in [0.5, 0.6) is 0 Å². The minimum Gasteiger partial charge on any atom is -0.477 e. The van der Waals surface area contributed by atoms with Gasteiger partial charge in [-0.05, 0) is 102 Å². The van der Waals surface area contributed by atoms with E-state index in [0.29, 0.717) is 29.0 Å². The van der Waals surface area contributed by atoms with Gasteiger partial charge in [0.05, 0.1) is 4.88 Å². The first kappa shape index (κ1) is 32.7. The first-order chi connectivity index (χ1) is 24.9. The van der Waals surface area contributed by atoms with Gasteiger partial charge in [0.2, 0.25) is 0 Å². The van der Waals surface area contributed by atoms with Gasteiger partial charge >= 0.3 is 5.97 Å². The summed E-state index contributed by atoms with van der Waals surface area (Å²) in [5.41, 5.74) is 10.5. The normalized spacial score (nSPS) is 16.8. The van der Waals surface area contributed by atoms with Gasteiger partial charge in [0, 0.05) is 45.4 Å². The van der Waals surface area contributed by atoms with Crippen LogP contribution in [0.25, 0.3) is 49.3 Å². The molecule has 2 atom stereocenters. The van der Waals surface area contributed by atoms with Crippen LogP contribution >= 0.6 is 11.3 Å². The molecule has 6 aromatic rings. The monoisotopic (exact) mass is 694 g/mol. The van der Waals surface area contributed by atoms with Crippen molar-refractivity contribution in [2.24, 2.45) is 0 Å². The molecule has 2 unspecified atom stereocenters. The number of hydrogen-bond acceptors (Lipinski definition) is 8. The van der Waals surface area contributed by atoms with Gasteiger partial charge in [0.15, 0.2) is 0 Å². The van der Waals surface area contributed by atoms with E-state index >= 15 is 0 Å². The largest absolute Gasteiger partial charge is 0.477 e. The van der Waals surface area contributed by atoms with Crippen LogP contribution in [0.3, 0.4) is 0 Å². The molecular weight excluding hydrogens is 657 g/mol. The summed E-state index contributed by atoms with van der Waals surface area (Å²) in [5, 5.41) is 27.4. The fraction of sp³-hybridized carbons (Fsp3) is 0.286. The molecule has 3 aromatic carbocycles. The van der Waals surface area contributed by atoms with Crippen LogP contribution in [0, 0.1) is 18.3 Å². The highest BCUT2D eigenvalue weighted by molar-refractivity contribution is 7.19. The fourth-order valence-corrected chi connectivity index (χ4v) is 9.10. The lowest BCUT2D eigenvalue weighted by Crippen LogP contribution is -2.26. The summed E-state index contributed by atoms with van der Waals surface area (Å²) in [6.07, 6.45) is 10.3. The molecule has 1 fully saturated rings. The fourth-order valence-electron chi connectivity index (χ4n) is 7.90. The van der Waals surface area contributed by atoms with Gasteiger partial charge in [-0.1, -0.05) is 68.5 Å². The van der Waals surface area contributed by atoms with Gasteiger partial charge in [-0.25, -0.2) is 9.42 Å². The van der Waals surface area contributed by atoms with E-state index < -0.39 is 5.97 Å². The molecule has 256 valence electrons. The van der Waals surface area contributed by atoms with Gasteiger partial charge < -0.3 is 14.4 Å². The van der Waals surface area contributed by atoms with Gasteiger partial charge in [-0.15, -0.1) is 11.3 Å². The first-order valence-corrected chi connectivity index (χ1v) is 18.6. The number of anilines is 2. The third-order valence-corrected chi connectivity index (χ3v) is 11.6. The van der Waals surface area contributed by atoms with Crippen molar-refractivity contribution < 1.29 is 18.9 Å². The number of unbranched alkanes of at least 4 members (excludes halogenated alkanes) is 3. The second-order valence-corrected chi connectivity index (χ2v) is 14.7. The molecule has 4 heterocycles. The number of hydrogen-bond donors (Lipinski definition) is 1. The number of aliphatic carboxylic acids is 1. The van der Waals surface area contributed by atoms with E-state index in [-0.39, 0.29) is 5.57 Å². The highest BCUT2D eigenvalue weighted by atomic mass is 32.1. The van der Waals surface area contributed by atoms with Crippen LogP contribution in [0.2, 0.25) is 0 Å². The summed E-state index contributed by atoms with van der Waals surface area (Å²) in [4.78, 5) is 16.0. The number of rotatable bonds is 11. The van der Waals surface area contributed by atoms with Crippen molar-refractivity contribution in [3.63, 3.8) is 0 Å². The zero-order chi connectivity index (χ0) is 35.1. The Morgan fingerprint density at radius 2 is 1.80 bits per heavy atom. The third-order valence-electron chi connectivity index (χ3n) is 10.4. The Kier molecular flexibility index (Phi) is 8.78. The molecule has 1 aliphatic carbocycles. The Morgan fingerprint density at radius 1 is 1.00 bits per heavy atom. The standard InChI is InChI=1S/C42H38N4O4S/c1-3-4-5-6-8-27-23-38(51-41(27)37-20-16-30(49-37)21-28(24-43)42(47)48)33-18-17-31(39-40(33)45-50-44-39)26-13-19-36-34(22-26)32-9-7-10-35(32)46(36)29-14-11-25(2)12-15-29/h11-23,32,35H,3-10H2,1-2H3,(H,47,48)/b28-21+. The number of aryl methyl sites for hydroxylation is 2. The van der Waals surface area contributed by atoms with Gasteiger partial charge in [0.25, 0.3) is 0 Å². The lowest BCUT2D eigenvalue weighted by Gasteiger charge is -2.27. The zero-order valence-corrected chi connectivity index (χ0v) is 29.5. The summed E-state index contributed by atoms with van der Waals surface area (Å²) in [6, 6.07) is 27.9. The molecule has 2 aliphatic rings. The number of benzene rings is 3. The third kappa shape index (κ3) is 6.04. The first-order valence-electron chi connectivity index (χ1n) is 17.8. The number of carboxylic acid groups (broad SMARTS) is 1. The van der Waals surface area contributed by atoms with E-state index in [1.807, 2.05) is 6.07 Å². The minimum atomic E-state index is -1.29. The van der Waals surface area contributed by atoms with Crippen LogP contribution in [-0.4, -0.2) is 27.4 Å². The maximum Gasteiger partial charge on any atom is 0.346 e. The second-order valence-electron chi connectivity index (χ2n) is 13.7. The minimum absolute atomic E-state index is 0.323. The smallest absolute Gasteiger partial charge is 0.346 e. The molecule has 0 saturated heterocycles. The van der Waals surface area contributed by atoms with Crippen molar-refractivity contribution in [3.8, 4) is 38.3 Å². The Balaban J connectivity index is 1.16. The lowest BCUT2D eigenvalue weighted by atomic mass is 9.93. The molecule has 0 amide bonds. The number of nitrogens with zero attached hydrogens (tertiary/aromatic N) is 4. The molecule has 0 radical (unpaired) electrons.